The Kier molecular flexibility index (Phi) is 40.7. The van der Waals surface area contributed by atoms with Gasteiger partial charge in [0.1, 0.15) is 0 Å². The Bertz CT molecular complexity index is 50.3. The van der Waals surface area contributed by atoms with Crippen molar-refractivity contribution < 1.29 is 10.2 Å². The van der Waals surface area contributed by atoms with Crippen molar-refractivity contribution in [1.82, 2.24) is 0 Å². The summed E-state index contributed by atoms with van der Waals surface area (Å²) in [6.07, 6.45) is 9.05. The summed E-state index contributed by atoms with van der Waals surface area (Å²) in [4.78, 5) is 0. The molecule has 0 spiro atoms. The molecule has 0 aromatic heterocycles. The van der Waals surface area contributed by atoms with Crippen molar-refractivity contribution in [2.75, 3.05) is 13.7 Å². The molecule has 0 radical (unpaired) electrons. The van der Waals surface area contributed by atoms with Crippen LogP contribution in [0.4, 0.5) is 0 Å². The van der Waals surface area contributed by atoms with Crippen molar-refractivity contribution >= 4 is 0 Å². The van der Waals surface area contributed by atoms with Crippen LogP contribution >= 0.6 is 0 Å². The van der Waals surface area contributed by atoms with Gasteiger partial charge in [-0.1, -0.05) is 59.3 Å². The molecule has 14 heavy (non-hydrogen) atoms. The van der Waals surface area contributed by atoms with E-state index < -0.39 is 0 Å². The maximum absolute atomic E-state index is 8.07. The molecular weight excluding hydrogens is 176 g/mol. The molecule has 0 aliphatic rings. The standard InChI is InChI=1S/C7H16.C4H10O.CH4O/c1-3-5-7-6-4-2;1-2-3-4-5;1-2/h3-7H2,1-2H3;5H,2-4H2,1H3;2H,1H3. The lowest BCUT2D eigenvalue weighted by Crippen LogP contribution is -1.75. The highest BCUT2D eigenvalue weighted by atomic mass is 16.3. The van der Waals surface area contributed by atoms with Gasteiger partial charge in [-0.2, -0.15) is 0 Å². The minimum atomic E-state index is 0.344. The van der Waals surface area contributed by atoms with Gasteiger partial charge in [0.2, 0.25) is 0 Å². The predicted molar refractivity (Wildman–Crippen MR) is 64.6 cm³/mol. The molecule has 0 fully saturated rings. The first-order valence-corrected chi connectivity index (χ1v) is 5.88. The first-order valence-electron chi connectivity index (χ1n) is 5.88. The molecule has 0 unspecified atom stereocenters. The van der Waals surface area contributed by atoms with Gasteiger partial charge in [0.25, 0.3) is 0 Å². The first kappa shape index (κ1) is 19.5. The third kappa shape index (κ3) is 40.6. The minimum absolute atomic E-state index is 0.344. The van der Waals surface area contributed by atoms with E-state index in [0.29, 0.717) is 6.61 Å². The van der Waals surface area contributed by atoms with Crippen LogP contribution in [0.5, 0.6) is 0 Å². The van der Waals surface area contributed by atoms with E-state index in [0.717, 1.165) is 20.0 Å². The molecule has 0 rings (SSSR count). The lowest BCUT2D eigenvalue weighted by molar-refractivity contribution is 0.287. The molecule has 0 bridgehead atoms. The average molecular weight is 206 g/mol. The number of rotatable bonds is 6. The molecule has 0 aliphatic carbocycles. The van der Waals surface area contributed by atoms with Gasteiger partial charge in [0.15, 0.2) is 0 Å². The molecule has 0 saturated carbocycles. The van der Waals surface area contributed by atoms with Crippen LogP contribution in [0.25, 0.3) is 0 Å². The molecule has 0 aromatic carbocycles. The summed E-state index contributed by atoms with van der Waals surface area (Å²) < 4.78 is 0. The Hall–Kier alpha value is -0.0800. The van der Waals surface area contributed by atoms with Crippen molar-refractivity contribution in [3.8, 4) is 0 Å². The Balaban J connectivity index is -0.000000152. The van der Waals surface area contributed by atoms with Gasteiger partial charge in [-0.25, -0.2) is 0 Å². The van der Waals surface area contributed by atoms with Crippen LogP contribution in [0.2, 0.25) is 0 Å². The highest BCUT2D eigenvalue weighted by Gasteiger charge is 1.80. The highest BCUT2D eigenvalue weighted by molar-refractivity contribution is 4.35. The summed E-state index contributed by atoms with van der Waals surface area (Å²) in [7, 11) is 1.00. The lowest BCUT2D eigenvalue weighted by Gasteiger charge is -1.90. The van der Waals surface area contributed by atoms with Crippen molar-refractivity contribution in [1.29, 1.82) is 0 Å². The second kappa shape index (κ2) is 29.3. The monoisotopic (exact) mass is 206 g/mol. The number of unbranched alkanes of at least 4 members (excludes halogenated alkanes) is 5. The topological polar surface area (TPSA) is 40.5 Å². The van der Waals surface area contributed by atoms with Crippen LogP contribution in [-0.4, -0.2) is 23.9 Å². The van der Waals surface area contributed by atoms with Crippen LogP contribution in [0.1, 0.15) is 65.7 Å². The van der Waals surface area contributed by atoms with Crippen LogP contribution < -0.4 is 0 Å². The van der Waals surface area contributed by atoms with Gasteiger partial charge in [0.05, 0.1) is 0 Å². The number of hydrogen-bond acceptors (Lipinski definition) is 2. The molecule has 0 amide bonds. The van der Waals surface area contributed by atoms with Crippen molar-refractivity contribution in [2.45, 2.75) is 65.7 Å². The van der Waals surface area contributed by atoms with Gasteiger partial charge in [0, 0.05) is 13.7 Å². The van der Waals surface area contributed by atoms with Gasteiger partial charge in [-0.3, -0.25) is 0 Å². The fourth-order valence-electron chi connectivity index (χ4n) is 0.835. The van der Waals surface area contributed by atoms with Crippen LogP contribution in [0.15, 0.2) is 0 Å². The molecule has 2 heteroatoms. The highest BCUT2D eigenvalue weighted by Crippen LogP contribution is 2.00. The maximum atomic E-state index is 8.07. The molecular formula is C12H30O2. The summed E-state index contributed by atoms with van der Waals surface area (Å²) in [6.45, 7) is 6.89. The largest absolute Gasteiger partial charge is 0.400 e. The van der Waals surface area contributed by atoms with Crippen molar-refractivity contribution in [2.24, 2.45) is 0 Å². The van der Waals surface area contributed by atoms with Gasteiger partial charge in [-0.05, 0) is 6.42 Å². The molecule has 90 valence electrons. The third-order valence-electron chi connectivity index (χ3n) is 1.72. The van der Waals surface area contributed by atoms with Crippen LogP contribution in [0, 0.1) is 0 Å². The molecule has 2 nitrogen and oxygen atoms in total. The van der Waals surface area contributed by atoms with E-state index in [1.165, 1.54) is 32.1 Å². The summed E-state index contributed by atoms with van der Waals surface area (Å²) in [6, 6.07) is 0. The predicted octanol–water partition coefficient (Wildman–Crippen LogP) is 3.36. The summed E-state index contributed by atoms with van der Waals surface area (Å²) in [5.41, 5.74) is 0. The fraction of sp³-hybridized carbons (Fsp3) is 1.00. The first-order chi connectivity index (χ1) is 6.83. The zero-order valence-corrected chi connectivity index (χ0v) is 10.6. The zero-order valence-electron chi connectivity index (χ0n) is 10.6. The van der Waals surface area contributed by atoms with Gasteiger partial charge >= 0.3 is 0 Å². The van der Waals surface area contributed by atoms with E-state index in [1.807, 2.05) is 0 Å². The van der Waals surface area contributed by atoms with Crippen LogP contribution in [-0.2, 0) is 0 Å². The number of aliphatic hydroxyl groups excluding tert-OH is 2. The fourth-order valence-corrected chi connectivity index (χ4v) is 0.835. The summed E-state index contributed by atoms with van der Waals surface area (Å²) in [5.74, 6) is 0. The molecule has 0 atom stereocenters. The normalized spacial score (nSPS) is 8.14. The van der Waals surface area contributed by atoms with Crippen molar-refractivity contribution in [3.63, 3.8) is 0 Å². The molecule has 2 N–H and O–H groups in total. The minimum Gasteiger partial charge on any atom is -0.400 e. The Labute approximate surface area is 90.4 Å². The van der Waals surface area contributed by atoms with E-state index in [2.05, 4.69) is 20.8 Å². The summed E-state index contributed by atoms with van der Waals surface area (Å²) in [5, 5.41) is 15.1. The number of hydrogen-bond donors (Lipinski definition) is 2. The maximum Gasteiger partial charge on any atom is 0.0430 e. The van der Waals surface area contributed by atoms with E-state index in [1.54, 1.807) is 0 Å². The Morgan fingerprint density at radius 3 is 1.14 bits per heavy atom. The molecule has 0 saturated heterocycles. The van der Waals surface area contributed by atoms with Crippen molar-refractivity contribution in [3.05, 3.63) is 0 Å². The number of aliphatic hydroxyl groups is 2. The van der Waals surface area contributed by atoms with E-state index >= 15 is 0 Å². The lowest BCUT2D eigenvalue weighted by atomic mass is 10.2. The third-order valence-corrected chi connectivity index (χ3v) is 1.72. The Morgan fingerprint density at radius 1 is 0.643 bits per heavy atom. The zero-order chi connectivity index (χ0) is 11.7. The molecule has 0 aliphatic heterocycles. The van der Waals surface area contributed by atoms with Gasteiger partial charge < -0.3 is 10.2 Å². The second-order valence-electron chi connectivity index (χ2n) is 3.14. The summed E-state index contributed by atoms with van der Waals surface area (Å²) >= 11 is 0. The second-order valence-corrected chi connectivity index (χ2v) is 3.14. The molecule has 0 aromatic rings. The van der Waals surface area contributed by atoms with Gasteiger partial charge in [-0.15, -0.1) is 0 Å². The van der Waals surface area contributed by atoms with E-state index in [4.69, 9.17) is 10.2 Å². The van der Waals surface area contributed by atoms with E-state index in [9.17, 15) is 0 Å². The SMILES string of the molecule is CCCCCCC.CCCCO.CO. The van der Waals surface area contributed by atoms with Crippen LogP contribution in [0.3, 0.4) is 0 Å². The molecule has 0 heterocycles. The van der Waals surface area contributed by atoms with E-state index in [-0.39, 0.29) is 0 Å². The smallest absolute Gasteiger partial charge is 0.0430 e. The average Bonchev–Trinajstić information content (AvgIpc) is 2.24. The quantitative estimate of drug-likeness (QED) is 0.654. The Morgan fingerprint density at radius 2 is 1.00 bits per heavy atom.